The molecule has 0 bridgehead atoms. The van der Waals surface area contributed by atoms with E-state index in [2.05, 4.69) is 6.92 Å². The molecule has 1 unspecified atom stereocenters. The third-order valence-corrected chi connectivity index (χ3v) is 5.00. The van der Waals surface area contributed by atoms with E-state index < -0.39 is 0 Å². The molecule has 1 aromatic rings. The van der Waals surface area contributed by atoms with Gasteiger partial charge < -0.3 is 10.6 Å². The van der Waals surface area contributed by atoms with Crippen LogP contribution >= 0.6 is 11.8 Å². The van der Waals surface area contributed by atoms with E-state index in [-0.39, 0.29) is 5.91 Å². The standard InChI is InChI=1S/C16H24N2OS/c1-3-20-14-6-4-5-9-18(11-14)16(19)15-10-13(17)8-7-12(15)2/h7-8,10,14H,3-6,9,11,17H2,1-2H3. The maximum atomic E-state index is 12.7. The number of nitrogens with two attached hydrogens (primary N) is 1. The summed E-state index contributed by atoms with van der Waals surface area (Å²) in [7, 11) is 0. The molecule has 1 heterocycles. The summed E-state index contributed by atoms with van der Waals surface area (Å²) in [6, 6.07) is 5.59. The molecule has 4 heteroatoms. The van der Waals surface area contributed by atoms with E-state index in [0.29, 0.717) is 10.9 Å². The van der Waals surface area contributed by atoms with Crippen molar-refractivity contribution in [2.24, 2.45) is 0 Å². The minimum atomic E-state index is 0.137. The summed E-state index contributed by atoms with van der Waals surface area (Å²) < 4.78 is 0. The van der Waals surface area contributed by atoms with E-state index in [9.17, 15) is 4.79 Å². The van der Waals surface area contributed by atoms with Gasteiger partial charge in [-0.05, 0) is 43.2 Å². The van der Waals surface area contributed by atoms with Crippen LogP contribution in [0.15, 0.2) is 18.2 Å². The molecule has 1 aromatic carbocycles. The molecule has 0 saturated carbocycles. The first-order valence-electron chi connectivity index (χ1n) is 7.38. The summed E-state index contributed by atoms with van der Waals surface area (Å²) in [6.07, 6.45) is 3.55. The van der Waals surface area contributed by atoms with Crippen molar-refractivity contribution in [2.45, 2.75) is 38.4 Å². The molecule has 1 atom stereocenters. The number of anilines is 1. The number of likely N-dealkylation sites (tertiary alicyclic amines) is 1. The Hall–Kier alpha value is -1.16. The Balaban J connectivity index is 2.16. The maximum absolute atomic E-state index is 12.7. The second-order valence-corrected chi connectivity index (χ2v) is 6.98. The maximum Gasteiger partial charge on any atom is 0.254 e. The van der Waals surface area contributed by atoms with E-state index in [4.69, 9.17) is 5.73 Å². The minimum Gasteiger partial charge on any atom is -0.399 e. The van der Waals surface area contributed by atoms with E-state index in [0.717, 1.165) is 36.4 Å². The molecule has 0 radical (unpaired) electrons. The quantitative estimate of drug-likeness (QED) is 0.869. The van der Waals surface area contributed by atoms with Crippen LogP contribution in [0.5, 0.6) is 0 Å². The molecule has 0 aliphatic carbocycles. The third kappa shape index (κ3) is 3.69. The van der Waals surface area contributed by atoms with Crippen molar-refractivity contribution in [2.75, 3.05) is 24.6 Å². The topological polar surface area (TPSA) is 46.3 Å². The molecule has 0 spiro atoms. The first-order valence-corrected chi connectivity index (χ1v) is 8.43. The Kier molecular flexibility index (Phi) is 5.35. The Bertz CT molecular complexity index is 476. The van der Waals surface area contributed by atoms with Gasteiger partial charge >= 0.3 is 0 Å². The number of carbonyl (C=O) groups is 1. The third-order valence-electron chi connectivity index (χ3n) is 3.81. The van der Waals surface area contributed by atoms with Crippen LogP contribution in [0.25, 0.3) is 0 Å². The summed E-state index contributed by atoms with van der Waals surface area (Å²) in [5.41, 5.74) is 8.25. The Morgan fingerprint density at radius 3 is 3.00 bits per heavy atom. The fraction of sp³-hybridized carbons (Fsp3) is 0.562. The van der Waals surface area contributed by atoms with Crippen molar-refractivity contribution in [1.29, 1.82) is 0 Å². The van der Waals surface area contributed by atoms with Gasteiger partial charge in [-0.15, -0.1) is 0 Å². The highest BCUT2D eigenvalue weighted by Crippen LogP contribution is 2.24. The van der Waals surface area contributed by atoms with Crippen molar-refractivity contribution in [3.05, 3.63) is 29.3 Å². The van der Waals surface area contributed by atoms with Gasteiger partial charge in [0.15, 0.2) is 0 Å². The van der Waals surface area contributed by atoms with Crippen LogP contribution in [0, 0.1) is 6.92 Å². The molecule has 0 aromatic heterocycles. The number of hydrogen-bond acceptors (Lipinski definition) is 3. The van der Waals surface area contributed by atoms with Gasteiger partial charge in [-0.2, -0.15) is 11.8 Å². The van der Waals surface area contributed by atoms with Gasteiger partial charge in [-0.25, -0.2) is 0 Å². The molecule has 110 valence electrons. The first kappa shape index (κ1) is 15.2. The summed E-state index contributed by atoms with van der Waals surface area (Å²) in [5.74, 6) is 1.25. The number of nitrogens with zero attached hydrogens (tertiary/aromatic N) is 1. The number of carbonyl (C=O) groups excluding carboxylic acids is 1. The minimum absolute atomic E-state index is 0.137. The Morgan fingerprint density at radius 2 is 2.25 bits per heavy atom. The van der Waals surface area contributed by atoms with Crippen molar-refractivity contribution in [1.82, 2.24) is 4.90 Å². The zero-order valence-electron chi connectivity index (χ0n) is 12.4. The molecule has 1 amide bonds. The predicted molar refractivity (Wildman–Crippen MR) is 87.3 cm³/mol. The lowest BCUT2D eigenvalue weighted by atomic mass is 10.1. The normalized spacial score (nSPS) is 19.7. The van der Waals surface area contributed by atoms with E-state index in [1.807, 2.05) is 41.8 Å². The van der Waals surface area contributed by atoms with Gasteiger partial charge in [-0.3, -0.25) is 4.79 Å². The zero-order valence-corrected chi connectivity index (χ0v) is 13.2. The van der Waals surface area contributed by atoms with Crippen LogP contribution in [-0.4, -0.2) is 34.9 Å². The second-order valence-electron chi connectivity index (χ2n) is 5.40. The zero-order chi connectivity index (χ0) is 14.5. The molecule has 1 aliphatic rings. The molecular weight excluding hydrogens is 268 g/mol. The molecule has 20 heavy (non-hydrogen) atoms. The number of amides is 1. The van der Waals surface area contributed by atoms with E-state index in [1.165, 1.54) is 12.8 Å². The average Bonchev–Trinajstić information content (AvgIpc) is 2.67. The average molecular weight is 292 g/mol. The monoisotopic (exact) mass is 292 g/mol. The van der Waals surface area contributed by atoms with Crippen molar-refractivity contribution in [3.8, 4) is 0 Å². The predicted octanol–water partition coefficient (Wildman–Crippen LogP) is 3.33. The van der Waals surface area contributed by atoms with Crippen LogP contribution in [0.2, 0.25) is 0 Å². The van der Waals surface area contributed by atoms with Crippen LogP contribution in [0.4, 0.5) is 5.69 Å². The molecule has 2 rings (SSSR count). The van der Waals surface area contributed by atoms with Gasteiger partial charge in [0.1, 0.15) is 0 Å². The number of benzene rings is 1. The number of rotatable bonds is 3. The number of hydrogen-bond donors (Lipinski definition) is 1. The fourth-order valence-electron chi connectivity index (χ4n) is 2.70. The molecule has 1 saturated heterocycles. The van der Waals surface area contributed by atoms with Gasteiger partial charge in [0.05, 0.1) is 0 Å². The number of thioether (sulfide) groups is 1. The van der Waals surface area contributed by atoms with Crippen molar-refractivity contribution in [3.63, 3.8) is 0 Å². The van der Waals surface area contributed by atoms with E-state index >= 15 is 0 Å². The highest BCUT2D eigenvalue weighted by Gasteiger charge is 2.23. The first-order chi connectivity index (χ1) is 9.61. The molecule has 1 fully saturated rings. The summed E-state index contributed by atoms with van der Waals surface area (Å²) in [5, 5.41) is 0.577. The Morgan fingerprint density at radius 1 is 1.45 bits per heavy atom. The second kappa shape index (κ2) is 7.02. The molecule has 1 aliphatic heterocycles. The van der Waals surface area contributed by atoms with E-state index in [1.54, 1.807) is 0 Å². The lowest BCUT2D eigenvalue weighted by Crippen LogP contribution is -2.36. The summed E-state index contributed by atoms with van der Waals surface area (Å²) >= 11 is 1.97. The SMILES string of the molecule is CCSC1CCCCN(C(=O)c2cc(N)ccc2C)C1. The van der Waals surface area contributed by atoms with Gasteiger partial charge in [0, 0.05) is 29.6 Å². The summed E-state index contributed by atoms with van der Waals surface area (Å²) in [4.78, 5) is 14.8. The van der Waals surface area contributed by atoms with Gasteiger partial charge in [0.2, 0.25) is 0 Å². The van der Waals surface area contributed by atoms with Crippen LogP contribution in [0.1, 0.15) is 42.1 Å². The molecular formula is C16H24N2OS. The van der Waals surface area contributed by atoms with Gasteiger partial charge in [0.25, 0.3) is 5.91 Å². The van der Waals surface area contributed by atoms with Crippen LogP contribution in [0.3, 0.4) is 0 Å². The van der Waals surface area contributed by atoms with Crippen LogP contribution < -0.4 is 5.73 Å². The molecule has 3 nitrogen and oxygen atoms in total. The number of nitrogen functional groups attached to an aromatic ring is 1. The molecule has 2 N–H and O–H groups in total. The van der Waals surface area contributed by atoms with Crippen LogP contribution in [-0.2, 0) is 0 Å². The highest BCUT2D eigenvalue weighted by molar-refractivity contribution is 7.99. The smallest absolute Gasteiger partial charge is 0.254 e. The Labute approximate surface area is 125 Å². The highest BCUT2D eigenvalue weighted by atomic mass is 32.2. The number of aryl methyl sites for hydroxylation is 1. The van der Waals surface area contributed by atoms with Gasteiger partial charge in [-0.1, -0.05) is 19.4 Å². The summed E-state index contributed by atoms with van der Waals surface area (Å²) in [6.45, 7) is 5.89. The lowest BCUT2D eigenvalue weighted by Gasteiger charge is -2.25. The largest absolute Gasteiger partial charge is 0.399 e. The lowest BCUT2D eigenvalue weighted by molar-refractivity contribution is 0.0762. The fourth-order valence-corrected chi connectivity index (χ4v) is 3.79. The van der Waals surface area contributed by atoms with Crippen molar-refractivity contribution >= 4 is 23.4 Å². The van der Waals surface area contributed by atoms with Crippen molar-refractivity contribution < 1.29 is 4.79 Å².